The van der Waals surface area contributed by atoms with E-state index in [2.05, 4.69) is 0 Å². The summed E-state index contributed by atoms with van der Waals surface area (Å²) in [5.41, 5.74) is 0.616. The quantitative estimate of drug-likeness (QED) is 0.605. The molecule has 1 aromatic carbocycles. The van der Waals surface area contributed by atoms with Crippen LogP contribution in [0.5, 0.6) is 5.75 Å². The molecule has 0 aromatic heterocycles. The van der Waals surface area contributed by atoms with Crippen LogP contribution in [-0.4, -0.2) is 25.3 Å². The molecule has 0 atom stereocenters. The molecule has 0 aliphatic carbocycles. The van der Waals surface area contributed by atoms with Crippen LogP contribution >= 0.6 is 0 Å². The highest BCUT2D eigenvalue weighted by molar-refractivity contribution is 5.89. The number of ether oxygens (including phenoxy) is 2. The molecule has 0 spiro atoms. The van der Waals surface area contributed by atoms with Crippen LogP contribution in [0.2, 0.25) is 0 Å². The predicted octanol–water partition coefficient (Wildman–Crippen LogP) is 1.77. The molecule has 0 bridgehead atoms. The normalized spacial score (nSPS) is 10.9. The Balaban J connectivity index is 3.17. The van der Waals surface area contributed by atoms with Crippen molar-refractivity contribution >= 4 is 11.7 Å². The average molecular weight is 208 g/mol. The largest absolute Gasteiger partial charge is 0.496 e. The van der Waals surface area contributed by atoms with E-state index in [1.807, 2.05) is 0 Å². The molecule has 0 heterocycles. The second-order valence-electron chi connectivity index (χ2n) is 2.75. The maximum Gasteiger partial charge on any atom is 0.332 e. The van der Waals surface area contributed by atoms with Crippen LogP contribution in [0.1, 0.15) is 5.56 Å². The highest BCUT2D eigenvalue weighted by Crippen LogP contribution is 2.25. The van der Waals surface area contributed by atoms with Crippen molar-refractivity contribution in [1.82, 2.24) is 0 Å². The van der Waals surface area contributed by atoms with Gasteiger partial charge >= 0.3 is 5.97 Å². The summed E-state index contributed by atoms with van der Waals surface area (Å²) < 4.78 is 10.1. The fourth-order valence-electron chi connectivity index (χ4n) is 1.21. The Hall–Kier alpha value is -1.97. The van der Waals surface area contributed by atoms with E-state index in [9.17, 15) is 4.79 Å². The lowest BCUT2D eigenvalue weighted by Gasteiger charge is -2.09. The third kappa shape index (κ3) is 2.74. The number of benzene rings is 1. The van der Waals surface area contributed by atoms with Crippen LogP contribution < -0.4 is 4.74 Å². The number of carbonyl (C=O) groups is 1. The second-order valence-corrected chi connectivity index (χ2v) is 2.75. The predicted molar refractivity (Wildman–Crippen MR) is 55.6 cm³/mol. The molecule has 0 saturated carbocycles. The monoisotopic (exact) mass is 208 g/mol. The van der Waals surface area contributed by atoms with E-state index in [4.69, 9.17) is 14.6 Å². The van der Waals surface area contributed by atoms with Crippen molar-refractivity contribution < 1.29 is 19.4 Å². The number of aliphatic carboxylic acids is 1. The van der Waals surface area contributed by atoms with Crippen molar-refractivity contribution in [3.63, 3.8) is 0 Å². The minimum atomic E-state index is -1.06. The van der Waals surface area contributed by atoms with Gasteiger partial charge in [-0.3, -0.25) is 0 Å². The highest BCUT2D eigenvalue weighted by atomic mass is 16.5. The van der Waals surface area contributed by atoms with Crippen molar-refractivity contribution in [1.29, 1.82) is 0 Å². The number of methoxy groups -OCH3 is 2. The lowest BCUT2D eigenvalue weighted by Crippen LogP contribution is -1.97. The topological polar surface area (TPSA) is 55.8 Å². The van der Waals surface area contributed by atoms with E-state index in [0.29, 0.717) is 11.3 Å². The van der Waals surface area contributed by atoms with Gasteiger partial charge in [-0.1, -0.05) is 12.1 Å². The summed E-state index contributed by atoms with van der Waals surface area (Å²) in [6, 6.07) is 7.06. The SMILES string of the molecule is CO/C(=C/C(=O)O)c1ccccc1OC. The molecule has 0 radical (unpaired) electrons. The van der Waals surface area contributed by atoms with Gasteiger partial charge in [0.2, 0.25) is 0 Å². The number of carboxylic acid groups (broad SMARTS) is 1. The van der Waals surface area contributed by atoms with E-state index in [1.165, 1.54) is 14.2 Å². The first-order valence-electron chi connectivity index (χ1n) is 4.31. The van der Waals surface area contributed by atoms with Crippen LogP contribution in [0, 0.1) is 0 Å². The molecule has 1 rings (SSSR count). The maximum absolute atomic E-state index is 10.5. The molecule has 80 valence electrons. The van der Waals surface area contributed by atoms with Crippen LogP contribution in [0.25, 0.3) is 5.76 Å². The minimum absolute atomic E-state index is 0.264. The lowest BCUT2D eigenvalue weighted by molar-refractivity contribution is -0.131. The Kier molecular flexibility index (Phi) is 3.74. The maximum atomic E-state index is 10.5. The van der Waals surface area contributed by atoms with Crippen molar-refractivity contribution in [2.24, 2.45) is 0 Å². The smallest absolute Gasteiger partial charge is 0.332 e. The number of hydrogen-bond acceptors (Lipinski definition) is 3. The van der Waals surface area contributed by atoms with Crippen molar-refractivity contribution in [2.75, 3.05) is 14.2 Å². The standard InChI is InChI=1S/C11H12O4/c1-14-9-6-4-3-5-8(9)10(15-2)7-11(12)13/h3-7H,1-2H3,(H,12,13)/b10-7+. The summed E-state index contributed by atoms with van der Waals surface area (Å²) in [6.07, 6.45) is 0.998. The van der Waals surface area contributed by atoms with E-state index >= 15 is 0 Å². The van der Waals surface area contributed by atoms with Crippen molar-refractivity contribution in [3.05, 3.63) is 35.9 Å². The molecular weight excluding hydrogens is 196 g/mol. The van der Waals surface area contributed by atoms with E-state index in [-0.39, 0.29) is 5.76 Å². The Morgan fingerprint density at radius 1 is 1.33 bits per heavy atom. The van der Waals surface area contributed by atoms with Gasteiger partial charge in [-0.25, -0.2) is 4.79 Å². The molecule has 0 amide bonds. The summed E-state index contributed by atoms with van der Waals surface area (Å²) in [5.74, 6) is -0.218. The molecule has 1 N–H and O–H groups in total. The summed E-state index contributed by atoms with van der Waals surface area (Å²) in [6.45, 7) is 0. The van der Waals surface area contributed by atoms with E-state index in [1.54, 1.807) is 24.3 Å². The number of carboxylic acids is 1. The average Bonchev–Trinajstić information content (AvgIpc) is 2.25. The van der Waals surface area contributed by atoms with Gasteiger partial charge in [-0.15, -0.1) is 0 Å². The van der Waals surface area contributed by atoms with Gasteiger partial charge in [0.1, 0.15) is 11.5 Å². The Morgan fingerprint density at radius 3 is 2.53 bits per heavy atom. The molecule has 1 aromatic rings. The van der Waals surface area contributed by atoms with E-state index < -0.39 is 5.97 Å². The molecule has 15 heavy (non-hydrogen) atoms. The molecule has 4 heteroatoms. The molecule has 0 saturated heterocycles. The minimum Gasteiger partial charge on any atom is -0.496 e. The molecule has 4 nitrogen and oxygen atoms in total. The van der Waals surface area contributed by atoms with Crippen molar-refractivity contribution in [2.45, 2.75) is 0 Å². The zero-order chi connectivity index (χ0) is 11.3. The van der Waals surface area contributed by atoms with E-state index in [0.717, 1.165) is 6.08 Å². The van der Waals surface area contributed by atoms with Gasteiger partial charge in [-0.05, 0) is 12.1 Å². The third-order valence-electron chi connectivity index (χ3n) is 1.85. The Morgan fingerprint density at radius 2 is 2.00 bits per heavy atom. The molecular formula is C11H12O4. The molecule has 0 aliphatic heterocycles. The summed E-state index contributed by atoms with van der Waals surface area (Å²) in [7, 11) is 2.94. The van der Waals surface area contributed by atoms with Crippen LogP contribution in [0.3, 0.4) is 0 Å². The molecule has 0 unspecified atom stereocenters. The Labute approximate surface area is 87.7 Å². The zero-order valence-corrected chi connectivity index (χ0v) is 8.56. The first kappa shape index (κ1) is 11.1. The summed E-state index contributed by atoms with van der Waals surface area (Å²) in [4.78, 5) is 10.5. The first-order valence-corrected chi connectivity index (χ1v) is 4.31. The van der Waals surface area contributed by atoms with Gasteiger partial charge in [0.15, 0.2) is 0 Å². The zero-order valence-electron chi connectivity index (χ0n) is 8.56. The van der Waals surface area contributed by atoms with Gasteiger partial charge in [-0.2, -0.15) is 0 Å². The summed E-state index contributed by atoms with van der Waals surface area (Å²) in [5, 5.41) is 8.64. The highest BCUT2D eigenvalue weighted by Gasteiger charge is 2.09. The summed E-state index contributed by atoms with van der Waals surface area (Å²) >= 11 is 0. The Bertz CT molecular complexity index is 382. The number of rotatable bonds is 4. The van der Waals surface area contributed by atoms with Crippen molar-refractivity contribution in [3.8, 4) is 5.75 Å². The fraction of sp³-hybridized carbons (Fsp3) is 0.182. The van der Waals surface area contributed by atoms with Gasteiger partial charge in [0.05, 0.1) is 25.9 Å². The number of hydrogen-bond donors (Lipinski definition) is 1. The van der Waals surface area contributed by atoms with Gasteiger partial charge in [0, 0.05) is 0 Å². The molecule has 0 aliphatic rings. The van der Waals surface area contributed by atoms with Crippen LogP contribution in [0.15, 0.2) is 30.3 Å². The third-order valence-corrected chi connectivity index (χ3v) is 1.85. The molecule has 0 fully saturated rings. The van der Waals surface area contributed by atoms with Gasteiger partial charge in [0.25, 0.3) is 0 Å². The first-order chi connectivity index (χ1) is 7.19. The number of para-hydroxylation sites is 1. The fourth-order valence-corrected chi connectivity index (χ4v) is 1.21. The lowest BCUT2D eigenvalue weighted by atomic mass is 10.1. The van der Waals surface area contributed by atoms with Gasteiger partial charge < -0.3 is 14.6 Å². The van der Waals surface area contributed by atoms with Crippen LogP contribution in [-0.2, 0) is 9.53 Å². The van der Waals surface area contributed by atoms with Crippen LogP contribution in [0.4, 0.5) is 0 Å². The second kappa shape index (κ2) is 5.05.